The van der Waals surface area contributed by atoms with Crippen molar-refractivity contribution in [3.63, 3.8) is 0 Å². The van der Waals surface area contributed by atoms with Crippen molar-refractivity contribution in [2.24, 2.45) is 0 Å². The zero-order valence-corrected chi connectivity index (χ0v) is 12.6. The van der Waals surface area contributed by atoms with Gasteiger partial charge in [0.05, 0.1) is 5.75 Å². The van der Waals surface area contributed by atoms with E-state index in [1.807, 2.05) is 0 Å². The molecular formula is C11H17F3N4O2S. The van der Waals surface area contributed by atoms with Gasteiger partial charge in [-0.2, -0.15) is 18.2 Å². The predicted molar refractivity (Wildman–Crippen MR) is 74.0 cm³/mol. The van der Waals surface area contributed by atoms with Crippen molar-refractivity contribution in [2.75, 3.05) is 29.2 Å². The number of alkyl halides is 3. The first-order valence-corrected chi connectivity index (χ1v) is 8.21. The topological polar surface area (TPSA) is 84.0 Å². The summed E-state index contributed by atoms with van der Waals surface area (Å²) in [6.45, 7) is 3.60. The van der Waals surface area contributed by atoms with Gasteiger partial charge in [-0.1, -0.05) is 0 Å². The Morgan fingerprint density at radius 1 is 1.33 bits per heavy atom. The molecule has 120 valence electrons. The van der Waals surface area contributed by atoms with Gasteiger partial charge in [-0.3, -0.25) is 0 Å². The third kappa shape index (κ3) is 6.15. The van der Waals surface area contributed by atoms with E-state index in [2.05, 4.69) is 20.6 Å². The van der Waals surface area contributed by atoms with E-state index in [0.29, 0.717) is 6.54 Å². The fourth-order valence-electron chi connectivity index (χ4n) is 1.65. The highest BCUT2D eigenvalue weighted by atomic mass is 32.2. The maximum absolute atomic E-state index is 12.8. The molecular weight excluding hydrogens is 309 g/mol. The van der Waals surface area contributed by atoms with Crippen LogP contribution in [0.15, 0.2) is 6.07 Å². The van der Waals surface area contributed by atoms with Crippen LogP contribution in [0.3, 0.4) is 0 Å². The Labute approximate surface area is 121 Å². The second-order valence-corrected chi connectivity index (χ2v) is 6.81. The number of anilines is 2. The summed E-state index contributed by atoms with van der Waals surface area (Å²) >= 11 is 0. The largest absolute Gasteiger partial charge is 0.433 e. The van der Waals surface area contributed by atoms with Crippen LogP contribution in [0, 0.1) is 0 Å². The third-order valence-corrected chi connectivity index (χ3v) is 3.40. The van der Waals surface area contributed by atoms with Gasteiger partial charge in [0.1, 0.15) is 15.7 Å². The molecule has 21 heavy (non-hydrogen) atoms. The van der Waals surface area contributed by atoms with E-state index in [4.69, 9.17) is 0 Å². The predicted octanol–water partition coefficient (Wildman–Crippen LogP) is 1.77. The molecule has 1 rings (SSSR count). The molecule has 0 fully saturated rings. The normalized spacial score (nSPS) is 13.8. The lowest BCUT2D eigenvalue weighted by Crippen LogP contribution is -2.26. The molecule has 0 bridgehead atoms. The Morgan fingerprint density at radius 2 is 1.95 bits per heavy atom. The molecule has 0 saturated carbocycles. The number of nitrogens with zero attached hydrogens (tertiary/aromatic N) is 2. The Kier molecular flexibility index (Phi) is 5.37. The van der Waals surface area contributed by atoms with Crippen molar-refractivity contribution in [3.8, 4) is 0 Å². The molecule has 0 aromatic carbocycles. The SMILES string of the molecule is CCNc1nc(NC(C)CS(C)(=O)=O)cc(C(F)(F)F)n1. The zero-order chi connectivity index (χ0) is 16.3. The summed E-state index contributed by atoms with van der Waals surface area (Å²) in [6.07, 6.45) is -3.56. The van der Waals surface area contributed by atoms with E-state index in [-0.39, 0.29) is 17.5 Å². The second-order valence-electron chi connectivity index (χ2n) is 4.63. The standard InChI is InChI=1S/C11H17F3N4O2S/c1-4-15-10-17-8(11(12,13)14)5-9(18-10)16-7(2)6-21(3,19)20/h5,7H,4,6H2,1-3H3,(H2,15,16,17,18). The van der Waals surface area contributed by atoms with Crippen LogP contribution in [0.4, 0.5) is 24.9 Å². The minimum atomic E-state index is -4.61. The first-order chi connectivity index (χ1) is 9.51. The summed E-state index contributed by atoms with van der Waals surface area (Å²) in [4.78, 5) is 7.25. The lowest BCUT2D eigenvalue weighted by atomic mass is 10.3. The van der Waals surface area contributed by atoms with Crippen LogP contribution in [0.5, 0.6) is 0 Å². The molecule has 1 heterocycles. The van der Waals surface area contributed by atoms with Gasteiger partial charge in [0.15, 0.2) is 5.69 Å². The molecule has 0 aliphatic carbocycles. The van der Waals surface area contributed by atoms with Crippen LogP contribution in [0.1, 0.15) is 19.5 Å². The van der Waals surface area contributed by atoms with Crippen LogP contribution in [0.2, 0.25) is 0 Å². The maximum Gasteiger partial charge on any atom is 0.433 e. The Hall–Kier alpha value is -1.58. The molecule has 2 N–H and O–H groups in total. The number of rotatable bonds is 6. The molecule has 0 saturated heterocycles. The first kappa shape index (κ1) is 17.5. The van der Waals surface area contributed by atoms with Gasteiger partial charge in [-0.15, -0.1) is 0 Å². The van der Waals surface area contributed by atoms with Crippen LogP contribution in [-0.4, -0.2) is 43.0 Å². The first-order valence-electron chi connectivity index (χ1n) is 6.15. The minimum absolute atomic E-state index is 0.0792. The number of halogens is 3. The van der Waals surface area contributed by atoms with Crippen molar-refractivity contribution < 1.29 is 21.6 Å². The van der Waals surface area contributed by atoms with Gasteiger partial charge in [0.2, 0.25) is 5.95 Å². The number of aromatic nitrogens is 2. The molecule has 1 unspecified atom stereocenters. The van der Waals surface area contributed by atoms with Gasteiger partial charge >= 0.3 is 6.18 Å². The molecule has 6 nitrogen and oxygen atoms in total. The Balaban J connectivity index is 3.03. The van der Waals surface area contributed by atoms with Gasteiger partial charge < -0.3 is 10.6 Å². The molecule has 0 radical (unpaired) electrons. The van der Waals surface area contributed by atoms with Gasteiger partial charge in [0, 0.05) is 24.9 Å². The molecule has 1 aromatic heterocycles. The summed E-state index contributed by atoms with van der Waals surface area (Å²) in [5.74, 6) is -0.458. The third-order valence-electron chi connectivity index (χ3n) is 2.30. The van der Waals surface area contributed by atoms with Crippen LogP contribution >= 0.6 is 0 Å². The molecule has 0 aliphatic heterocycles. The Bertz CT molecular complexity index is 590. The van der Waals surface area contributed by atoms with Crippen molar-refractivity contribution in [2.45, 2.75) is 26.1 Å². The van der Waals surface area contributed by atoms with Crippen LogP contribution < -0.4 is 10.6 Å². The Morgan fingerprint density at radius 3 is 2.43 bits per heavy atom. The summed E-state index contributed by atoms with van der Waals surface area (Å²) in [5, 5.41) is 5.24. The van der Waals surface area contributed by atoms with Crippen LogP contribution in [-0.2, 0) is 16.0 Å². The molecule has 0 amide bonds. The van der Waals surface area contributed by atoms with Crippen molar-refractivity contribution in [3.05, 3.63) is 11.8 Å². The lowest BCUT2D eigenvalue weighted by molar-refractivity contribution is -0.141. The van der Waals surface area contributed by atoms with Crippen LogP contribution in [0.25, 0.3) is 0 Å². The fraction of sp³-hybridized carbons (Fsp3) is 0.636. The van der Waals surface area contributed by atoms with E-state index in [0.717, 1.165) is 12.3 Å². The van der Waals surface area contributed by atoms with E-state index in [1.54, 1.807) is 13.8 Å². The highest BCUT2D eigenvalue weighted by Gasteiger charge is 2.33. The van der Waals surface area contributed by atoms with Crippen molar-refractivity contribution in [1.82, 2.24) is 9.97 Å². The quantitative estimate of drug-likeness (QED) is 0.829. The highest BCUT2D eigenvalue weighted by molar-refractivity contribution is 7.90. The molecule has 0 spiro atoms. The van der Waals surface area contributed by atoms with Gasteiger partial charge in [-0.25, -0.2) is 13.4 Å². The maximum atomic E-state index is 12.8. The second kappa shape index (κ2) is 6.46. The summed E-state index contributed by atoms with van der Waals surface area (Å²) in [5.41, 5.74) is -1.09. The number of hydrogen-bond donors (Lipinski definition) is 2. The fourth-order valence-corrected chi connectivity index (χ4v) is 2.64. The van der Waals surface area contributed by atoms with E-state index in [9.17, 15) is 21.6 Å². The van der Waals surface area contributed by atoms with Crippen molar-refractivity contribution >= 4 is 21.6 Å². The smallest absolute Gasteiger partial charge is 0.366 e. The monoisotopic (exact) mass is 326 g/mol. The van der Waals surface area contributed by atoms with Gasteiger partial charge in [-0.05, 0) is 13.8 Å². The summed E-state index contributed by atoms with van der Waals surface area (Å²) in [6, 6.07) is 0.171. The number of sulfone groups is 1. The van der Waals surface area contributed by atoms with Gasteiger partial charge in [0.25, 0.3) is 0 Å². The van der Waals surface area contributed by atoms with E-state index < -0.39 is 27.7 Å². The lowest BCUT2D eigenvalue weighted by Gasteiger charge is -2.16. The van der Waals surface area contributed by atoms with E-state index in [1.165, 1.54) is 0 Å². The summed E-state index contributed by atoms with van der Waals surface area (Å²) in [7, 11) is -3.25. The average Bonchev–Trinajstić information content (AvgIpc) is 2.24. The molecule has 1 atom stereocenters. The zero-order valence-electron chi connectivity index (χ0n) is 11.8. The van der Waals surface area contributed by atoms with Crippen molar-refractivity contribution in [1.29, 1.82) is 0 Å². The highest BCUT2D eigenvalue weighted by Crippen LogP contribution is 2.29. The molecule has 0 aliphatic rings. The number of nitrogens with one attached hydrogen (secondary N) is 2. The van der Waals surface area contributed by atoms with E-state index >= 15 is 0 Å². The molecule has 10 heteroatoms. The summed E-state index contributed by atoms with van der Waals surface area (Å²) < 4.78 is 60.6. The molecule has 1 aromatic rings. The number of hydrogen-bond acceptors (Lipinski definition) is 6. The minimum Gasteiger partial charge on any atom is -0.366 e. The average molecular weight is 326 g/mol.